The molecule has 1 atom stereocenters. The van der Waals surface area contributed by atoms with Gasteiger partial charge in [0, 0.05) is 12.2 Å². The van der Waals surface area contributed by atoms with Crippen LogP contribution in [0.1, 0.15) is 6.42 Å². The van der Waals surface area contributed by atoms with Crippen LogP contribution < -0.4 is 10.6 Å². The molecule has 7 nitrogen and oxygen atoms in total. The van der Waals surface area contributed by atoms with Crippen LogP contribution in [-0.2, 0) is 4.79 Å². The molecular weight excluding hydrogens is 280 g/mol. The topological polar surface area (TPSA) is 84.7 Å². The highest BCUT2D eigenvalue weighted by atomic mass is 35.5. The van der Waals surface area contributed by atoms with E-state index in [-0.39, 0.29) is 24.2 Å². The Morgan fingerprint density at radius 2 is 2.35 bits per heavy atom. The minimum absolute atomic E-state index is 0. The molecule has 106 valence electrons. The van der Waals surface area contributed by atoms with Crippen molar-refractivity contribution < 1.29 is 4.79 Å². The molecule has 0 spiro atoms. The molecule has 1 aliphatic rings. The number of aromatic nitrogens is 4. The zero-order chi connectivity index (χ0) is 13.1. The van der Waals surface area contributed by atoms with Gasteiger partial charge in [-0.25, -0.2) is 4.68 Å². The molecule has 0 saturated carbocycles. The van der Waals surface area contributed by atoms with E-state index in [2.05, 4.69) is 26.2 Å². The van der Waals surface area contributed by atoms with E-state index in [1.807, 2.05) is 24.3 Å². The average Bonchev–Trinajstić information content (AvgIpc) is 3.13. The van der Waals surface area contributed by atoms with Crippen molar-refractivity contribution in [2.45, 2.75) is 6.42 Å². The van der Waals surface area contributed by atoms with Crippen molar-refractivity contribution in [3.63, 3.8) is 0 Å². The molecule has 1 aliphatic heterocycles. The van der Waals surface area contributed by atoms with E-state index in [4.69, 9.17) is 0 Å². The number of nitrogens with zero attached hydrogens (tertiary/aromatic N) is 4. The second kappa shape index (κ2) is 6.44. The third kappa shape index (κ3) is 3.12. The van der Waals surface area contributed by atoms with E-state index in [0.29, 0.717) is 0 Å². The molecule has 1 unspecified atom stereocenters. The lowest BCUT2D eigenvalue weighted by Crippen LogP contribution is -2.24. The fraction of sp³-hybridized carbons (Fsp3) is 0.333. The molecule has 1 fully saturated rings. The summed E-state index contributed by atoms with van der Waals surface area (Å²) >= 11 is 0. The highest BCUT2D eigenvalue weighted by Gasteiger charge is 2.22. The summed E-state index contributed by atoms with van der Waals surface area (Å²) in [4.78, 5) is 12.0. The van der Waals surface area contributed by atoms with Gasteiger partial charge in [-0.1, -0.05) is 6.07 Å². The maximum atomic E-state index is 12.0. The van der Waals surface area contributed by atoms with E-state index in [1.165, 1.54) is 6.33 Å². The van der Waals surface area contributed by atoms with Crippen LogP contribution in [-0.4, -0.2) is 39.2 Å². The Morgan fingerprint density at radius 3 is 3.05 bits per heavy atom. The van der Waals surface area contributed by atoms with Gasteiger partial charge >= 0.3 is 0 Å². The summed E-state index contributed by atoms with van der Waals surface area (Å²) in [5.74, 6) is 0.107. The Morgan fingerprint density at radius 1 is 1.45 bits per heavy atom. The van der Waals surface area contributed by atoms with Gasteiger partial charge in [0.05, 0.1) is 11.6 Å². The number of halogens is 1. The van der Waals surface area contributed by atoms with Crippen molar-refractivity contribution in [1.29, 1.82) is 0 Å². The molecule has 2 N–H and O–H groups in total. The van der Waals surface area contributed by atoms with E-state index in [0.717, 1.165) is 30.9 Å². The van der Waals surface area contributed by atoms with Gasteiger partial charge in [-0.05, 0) is 41.6 Å². The lowest BCUT2D eigenvalue weighted by Gasteiger charge is -2.10. The fourth-order valence-corrected chi connectivity index (χ4v) is 2.13. The summed E-state index contributed by atoms with van der Waals surface area (Å²) in [6.07, 6.45) is 2.40. The van der Waals surface area contributed by atoms with Gasteiger partial charge in [0.2, 0.25) is 5.91 Å². The van der Waals surface area contributed by atoms with Crippen LogP contribution in [0, 0.1) is 5.92 Å². The zero-order valence-electron chi connectivity index (χ0n) is 10.7. The van der Waals surface area contributed by atoms with Gasteiger partial charge in [0.15, 0.2) is 0 Å². The van der Waals surface area contributed by atoms with Gasteiger partial charge in [-0.2, -0.15) is 0 Å². The molecule has 1 aromatic heterocycles. The van der Waals surface area contributed by atoms with Crippen molar-refractivity contribution in [3.8, 4) is 5.69 Å². The summed E-state index contributed by atoms with van der Waals surface area (Å²) in [5, 5.41) is 17.1. The normalized spacial score (nSPS) is 17.5. The van der Waals surface area contributed by atoms with Gasteiger partial charge in [-0.3, -0.25) is 4.79 Å². The minimum Gasteiger partial charge on any atom is -0.326 e. The summed E-state index contributed by atoms with van der Waals surface area (Å²) in [7, 11) is 0. The van der Waals surface area contributed by atoms with Crippen LogP contribution in [0.3, 0.4) is 0 Å². The van der Waals surface area contributed by atoms with E-state index in [9.17, 15) is 4.79 Å². The third-order valence-corrected chi connectivity index (χ3v) is 3.16. The summed E-state index contributed by atoms with van der Waals surface area (Å²) in [6.45, 7) is 1.65. The van der Waals surface area contributed by atoms with Gasteiger partial charge in [0.25, 0.3) is 0 Å². The first kappa shape index (κ1) is 14.4. The van der Waals surface area contributed by atoms with Gasteiger partial charge in [-0.15, -0.1) is 17.5 Å². The predicted octanol–water partition coefficient (Wildman–Crippen LogP) is 0.632. The first-order valence-corrected chi connectivity index (χ1v) is 6.18. The lowest BCUT2D eigenvalue weighted by molar-refractivity contribution is -0.119. The highest BCUT2D eigenvalue weighted by Crippen LogP contribution is 2.16. The molecule has 2 aromatic rings. The monoisotopic (exact) mass is 294 g/mol. The van der Waals surface area contributed by atoms with Crippen molar-refractivity contribution in [1.82, 2.24) is 25.5 Å². The molecule has 8 heteroatoms. The number of tetrazole rings is 1. The molecule has 0 radical (unpaired) electrons. The molecule has 1 aromatic carbocycles. The molecule has 0 bridgehead atoms. The number of amides is 1. The smallest absolute Gasteiger partial charge is 0.228 e. The second-order valence-electron chi connectivity index (χ2n) is 4.48. The number of hydrogen-bond donors (Lipinski definition) is 2. The standard InChI is InChI=1S/C12H14N6O.ClH/c19-12(9-4-5-13-7-9)15-10-2-1-3-11(6-10)18-8-14-16-17-18;/h1-3,6,8-9,13H,4-5,7H2,(H,15,19);1H. The highest BCUT2D eigenvalue weighted by molar-refractivity contribution is 5.93. The average molecular weight is 295 g/mol. The Bertz CT molecular complexity index is 567. The zero-order valence-corrected chi connectivity index (χ0v) is 11.5. The number of benzene rings is 1. The van der Waals surface area contributed by atoms with E-state index < -0.39 is 0 Å². The number of nitrogens with one attached hydrogen (secondary N) is 2. The second-order valence-corrected chi connectivity index (χ2v) is 4.48. The maximum absolute atomic E-state index is 12.0. The predicted molar refractivity (Wildman–Crippen MR) is 76.0 cm³/mol. The number of carbonyl (C=O) groups excluding carboxylic acids is 1. The van der Waals surface area contributed by atoms with Crippen LogP contribution in [0.4, 0.5) is 5.69 Å². The van der Waals surface area contributed by atoms with Crippen LogP contribution in [0.15, 0.2) is 30.6 Å². The largest absolute Gasteiger partial charge is 0.326 e. The molecule has 2 heterocycles. The van der Waals surface area contributed by atoms with Crippen LogP contribution in [0.5, 0.6) is 0 Å². The molecule has 1 amide bonds. The quantitative estimate of drug-likeness (QED) is 0.867. The molecule has 1 saturated heterocycles. The number of anilines is 1. The first-order chi connectivity index (χ1) is 9.33. The SMILES string of the molecule is Cl.O=C(Nc1cccc(-n2cnnn2)c1)C1CCNC1. The lowest BCUT2D eigenvalue weighted by atomic mass is 10.1. The Labute approximate surface area is 122 Å². The Kier molecular flexibility index (Phi) is 4.65. The molecule has 20 heavy (non-hydrogen) atoms. The van der Waals surface area contributed by atoms with Gasteiger partial charge < -0.3 is 10.6 Å². The van der Waals surface area contributed by atoms with E-state index >= 15 is 0 Å². The number of hydrogen-bond acceptors (Lipinski definition) is 5. The minimum atomic E-state index is 0. The van der Waals surface area contributed by atoms with E-state index in [1.54, 1.807) is 4.68 Å². The van der Waals surface area contributed by atoms with Gasteiger partial charge in [0.1, 0.15) is 6.33 Å². The molecule has 0 aliphatic carbocycles. The van der Waals surface area contributed by atoms with Crippen molar-refractivity contribution >= 4 is 24.0 Å². The molecule has 3 rings (SSSR count). The molecular formula is C12H15ClN6O. The van der Waals surface area contributed by atoms with Crippen LogP contribution in [0.2, 0.25) is 0 Å². The fourth-order valence-electron chi connectivity index (χ4n) is 2.13. The van der Waals surface area contributed by atoms with Crippen LogP contribution >= 0.6 is 12.4 Å². The summed E-state index contributed by atoms with van der Waals surface area (Å²) in [5.41, 5.74) is 1.57. The summed E-state index contributed by atoms with van der Waals surface area (Å²) < 4.78 is 1.55. The first-order valence-electron chi connectivity index (χ1n) is 6.18. The van der Waals surface area contributed by atoms with Crippen LogP contribution in [0.25, 0.3) is 5.69 Å². The van der Waals surface area contributed by atoms with Crippen molar-refractivity contribution in [2.24, 2.45) is 5.92 Å². The number of rotatable bonds is 3. The van der Waals surface area contributed by atoms with Crippen molar-refractivity contribution in [3.05, 3.63) is 30.6 Å². The third-order valence-electron chi connectivity index (χ3n) is 3.16. The Hall–Kier alpha value is -1.99. The Balaban J connectivity index is 0.00000147. The maximum Gasteiger partial charge on any atom is 0.228 e. The summed E-state index contributed by atoms with van der Waals surface area (Å²) in [6, 6.07) is 7.44. The van der Waals surface area contributed by atoms with Crippen molar-refractivity contribution in [2.75, 3.05) is 18.4 Å². The number of carbonyl (C=O) groups is 1.